The molecule has 0 radical (unpaired) electrons. The van der Waals surface area contributed by atoms with Crippen molar-refractivity contribution in [1.29, 1.82) is 0 Å². The average Bonchev–Trinajstić information content (AvgIpc) is 3.47. The Labute approximate surface area is 279 Å². The lowest BCUT2D eigenvalue weighted by Crippen LogP contribution is -2.58. The van der Waals surface area contributed by atoms with Crippen LogP contribution in [0.3, 0.4) is 0 Å². The molecule has 3 heterocycles. The molecular formula is C35H55ClFN5O4. The number of aliphatic imine (C=N–C) groups is 1. The lowest BCUT2D eigenvalue weighted by Gasteiger charge is -2.48. The highest BCUT2D eigenvalue weighted by Crippen LogP contribution is 2.43. The molecule has 9 nitrogen and oxygen atoms in total. The molecule has 2 unspecified atom stereocenters. The van der Waals surface area contributed by atoms with Gasteiger partial charge in [0.2, 0.25) is 5.91 Å². The number of benzene rings is 1. The van der Waals surface area contributed by atoms with Crippen LogP contribution in [0.25, 0.3) is 0 Å². The van der Waals surface area contributed by atoms with E-state index in [1.165, 1.54) is 12.5 Å². The van der Waals surface area contributed by atoms with E-state index in [9.17, 15) is 14.3 Å². The van der Waals surface area contributed by atoms with E-state index in [4.69, 9.17) is 27.2 Å². The first-order valence-electron chi connectivity index (χ1n) is 17.5. The lowest BCUT2D eigenvalue weighted by atomic mass is 9.73. The van der Waals surface area contributed by atoms with Crippen molar-refractivity contribution in [1.82, 2.24) is 14.7 Å². The van der Waals surface area contributed by atoms with Crippen molar-refractivity contribution in [2.24, 2.45) is 28.0 Å². The molecule has 1 aromatic rings. The van der Waals surface area contributed by atoms with Crippen LogP contribution in [0.5, 0.6) is 5.75 Å². The second-order valence-electron chi connectivity index (χ2n) is 14.5. The number of likely N-dealkylation sites (tertiary alicyclic amines) is 3. The van der Waals surface area contributed by atoms with Gasteiger partial charge in [0.05, 0.1) is 24.0 Å². The Kier molecular flexibility index (Phi) is 12.4. The molecule has 4 aliphatic rings. The van der Waals surface area contributed by atoms with Gasteiger partial charge in [0.25, 0.3) is 0 Å². The molecule has 0 bridgehead atoms. The van der Waals surface area contributed by atoms with Crippen molar-refractivity contribution in [2.45, 2.75) is 94.8 Å². The van der Waals surface area contributed by atoms with Crippen LogP contribution in [0.4, 0.5) is 4.39 Å². The maximum absolute atomic E-state index is 14.9. The first-order valence-corrected chi connectivity index (χ1v) is 17.9. The first-order chi connectivity index (χ1) is 22.1. The van der Waals surface area contributed by atoms with Crippen LogP contribution >= 0.6 is 11.6 Å². The summed E-state index contributed by atoms with van der Waals surface area (Å²) in [6, 6.07) is 4.85. The predicted octanol–water partition coefficient (Wildman–Crippen LogP) is 4.02. The third kappa shape index (κ3) is 9.41. The molecule has 1 aromatic carbocycles. The fourth-order valence-corrected chi connectivity index (χ4v) is 8.29. The Bertz CT molecular complexity index is 1170. The number of rotatable bonds is 16. The minimum atomic E-state index is -0.467. The van der Waals surface area contributed by atoms with E-state index in [2.05, 4.69) is 21.7 Å². The van der Waals surface area contributed by atoms with Crippen molar-refractivity contribution in [3.63, 3.8) is 0 Å². The van der Waals surface area contributed by atoms with Crippen LogP contribution in [-0.4, -0.2) is 113 Å². The maximum atomic E-state index is 14.9. The quantitative estimate of drug-likeness (QED) is 0.139. The number of hydrogen-bond acceptors (Lipinski definition) is 8. The van der Waals surface area contributed by atoms with Crippen LogP contribution in [0.15, 0.2) is 23.2 Å². The molecule has 3 aliphatic heterocycles. The van der Waals surface area contributed by atoms with Gasteiger partial charge in [0.15, 0.2) is 6.29 Å². The second-order valence-corrected chi connectivity index (χ2v) is 15.3. The van der Waals surface area contributed by atoms with Gasteiger partial charge in [-0.1, -0.05) is 19.4 Å². The van der Waals surface area contributed by atoms with Gasteiger partial charge in [-0.05, 0) is 81.3 Å². The van der Waals surface area contributed by atoms with Gasteiger partial charge < -0.3 is 24.7 Å². The summed E-state index contributed by atoms with van der Waals surface area (Å²) >= 11 is 6.62. The number of aliphatic hydroxyl groups is 2. The van der Waals surface area contributed by atoms with E-state index in [0.29, 0.717) is 55.7 Å². The summed E-state index contributed by atoms with van der Waals surface area (Å²) in [6.45, 7) is 8.64. The zero-order valence-corrected chi connectivity index (χ0v) is 28.3. The number of hydrogen-bond donors (Lipinski definition) is 3. The highest BCUT2D eigenvalue weighted by atomic mass is 35.5. The van der Waals surface area contributed by atoms with Crippen LogP contribution < -0.4 is 10.5 Å². The monoisotopic (exact) mass is 663 g/mol. The fourth-order valence-electron chi connectivity index (χ4n) is 7.79. The van der Waals surface area contributed by atoms with Gasteiger partial charge in [0.1, 0.15) is 11.6 Å². The third-order valence-electron chi connectivity index (χ3n) is 10.9. The molecular weight excluding hydrogens is 609 g/mol. The Morgan fingerprint density at radius 1 is 1.20 bits per heavy atom. The van der Waals surface area contributed by atoms with Crippen molar-refractivity contribution < 1.29 is 24.1 Å². The summed E-state index contributed by atoms with van der Waals surface area (Å²) in [5.41, 5.74) is 6.87. The maximum Gasteiger partial charge on any atom is 0.227 e. The van der Waals surface area contributed by atoms with Gasteiger partial charge in [-0.15, -0.1) is 11.6 Å². The number of alkyl halides is 1. The Hall–Kier alpha value is -1.82. The molecule has 3 saturated heterocycles. The summed E-state index contributed by atoms with van der Waals surface area (Å²) in [5.74, 6) is 1.39. The summed E-state index contributed by atoms with van der Waals surface area (Å²) < 4.78 is 20.8. The van der Waals surface area contributed by atoms with Crippen LogP contribution in [0, 0.1) is 23.1 Å². The van der Waals surface area contributed by atoms with E-state index in [1.54, 1.807) is 12.1 Å². The largest absolute Gasteiger partial charge is 0.493 e. The number of nitrogens with zero attached hydrogens (tertiary/aromatic N) is 4. The summed E-state index contributed by atoms with van der Waals surface area (Å²) in [5, 5.41) is 18.8. The van der Waals surface area contributed by atoms with E-state index in [1.807, 2.05) is 11.1 Å². The van der Waals surface area contributed by atoms with Gasteiger partial charge >= 0.3 is 0 Å². The number of carbonyl (C=O) groups is 1. The van der Waals surface area contributed by atoms with E-state index in [-0.39, 0.29) is 35.5 Å². The van der Waals surface area contributed by atoms with Crippen molar-refractivity contribution in [2.75, 3.05) is 59.0 Å². The SMILES string of the molecule is CCC1CC(Cl)(/C=N\C(N)N2CCC(CCCOc3ccc(CC(=O)N4CCC5(CN(CCC(O)CCO)C5)C4)c(F)c3)CC2)C1. The highest BCUT2D eigenvalue weighted by molar-refractivity contribution is 6.32. The molecule has 2 atom stereocenters. The summed E-state index contributed by atoms with van der Waals surface area (Å²) in [7, 11) is 0. The summed E-state index contributed by atoms with van der Waals surface area (Å²) in [4.78, 5) is 23.7. The predicted molar refractivity (Wildman–Crippen MR) is 180 cm³/mol. The van der Waals surface area contributed by atoms with Crippen molar-refractivity contribution >= 4 is 23.7 Å². The number of amides is 1. The Morgan fingerprint density at radius 3 is 2.65 bits per heavy atom. The molecule has 0 aromatic heterocycles. The average molecular weight is 664 g/mol. The molecule has 4 N–H and O–H groups in total. The number of halogens is 2. The van der Waals surface area contributed by atoms with Gasteiger partial charge in [-0.25, -0.2) is 4.39 Å². The van der Waals surface area contributed by atoms with Gasteiger partial charge in [-0.2, -0.15) is 0 Å². The smallest absolute Gasteiger partial charge is 0.227 e. The number of ether oxygens (including phenoxy) is 1. The number of carbonyl (C=O) groups excluding carboxylic acids is 1. The van der Waals surface area contributed by atoms with E-state index in [0.717, 1.165) is 77.7 Å². The minimum absolute atomic E-state index is 0.00251. The normalized spacial score (nSPS) is 26.7. The fraction of sp³-hybridized carbons (Fsp3) is 0.771. The van der Waals surface area contributed by atoms with Crippen molar-refractivity contribution in [3.8, 4) is 5.75 Å². The Balaban J connectivity index is 0.950. The topological polar surface area (TPSA) is 115 Å². The Morgan fingerprint density at radius 2 is 1.96 bits per heavy atom. The molecule has 1 spiro atoms. The molecule has 4 fully saturated rings. The lowest BCUT2D eigenvalue weighted by molar-refractivity contribution is -0.130. The van der Waals surface area contributed by atoms with Gasteiger partial charge in [-0.3, -0.25) is 20.4 Å². The van der Waals surface area contributed by atoms with Crippen molar-refractivity contribution in [3.05, 3.63) is 29.6 Å². The number of aliphatic hydroxyl groups excluding tert-OH is 2. The molecule has 11 heteroatoms. The molecule has 1 saturated carbocycles. The molecule has 1 amide bonds. The molecule has 5 rings (SSSR count). The molecule has 46 heavy (non-hydrogen) atoms. The number of piperidine rings is 1. The minimum Gasteiger partial charge on any atom is -0.493 e. The highest BCUT2D eigenvalue weighted by Gasteiger charge is 2.48. The van der Waals surface area contributed by atoms with E-state index < -0.39 is 11.9 Å². The molecule has 258 valence electrons. The van der Waals surface area contributed by atoms with E-state index >= 15 is 0 Å². The summed E-state index contributed by atoms with van der Waals surface area (Å²) in [6.07, 6.45) is 10.4. The second kappa shape index (κ2) is 16.1. The zero-order chi connectivity index (χ0) is 32.7. The molecule has 1 aliphatic carbocycles. The van der Waals surface area contributed by atoms with Crippen LogP contribution in [0.2, 0.25) is 0 Å². The standard InChI is InChI=1S/C35H55ClFN5O4/c1-2-26-20-35(36,21-26)22-39-33(38)41-13-7-27(8-14-41)4-3-17-46-30-6-5-28(31(37)19-30)18-32(45)42-15-11-34(25-42)23-40(24-34)12-9-29(44)10-16-43/h5-6,19,22,26-27,29,33,43-44H,2-4,7-18,20-21,23-25,38H2,1H3/b39-22-. The van der Waals surface area contributed by atoms with Crippen LogP contribution in [-0.2, 0) is 11.2 Å². The van der Waals surface area contributed by atoms with Crippen LogP contribution in [0.1, 0.15) is 76.7 Å². The first kappa shape index (κ1) is 35.5. The zero-order valence-electron chi connectivity index (χ0n) is 27.6. The van der Waals surface area contributed by atoms with Gasteiger partial charge in [0, 0.05) is 70.1 Å². The number of nitrogens with two attached hydrogens (primary N) is 1. The third-order valence-corrected chi connectivity index (χ3v) is 11.3.